The SMILES string of the molecule is O=C(O)C[C@H](Cc1ccccc1)NC(=O)[C@H](Cc1cccnc1)NC(=O)[C@@H]1CCCN1C(=O)N(Cc1cn[nH]n1)NC(=O)Cc1ccccc1. The number of aromatic amines is 1. The first kappa shape index (κ1) is 35.2. The van der Waals surface area contributed by atoms with Gasteiger partial charge in [0.15, 0.2) is 0 Å². The molecule has 0 unspecified atom stereocenters. The number of amides is 5. The minimum Gasteiger partial charge on any atom is -0.481 e. The minimum atomic E-state index is -1.10. The summed E-state index contributed by atoms with van der Waals surface area (Å²) in [5.41, 5.74) is 5.32. The Morgan fingerprint density at radius 1 is 0.900 bits per heavy atom. The number of nitrogens with zero attached hydrogens (tertiary/aromatic N) is 5. The number of hydrogen-bond acceptors (Lipinski definition) is 8. The molecule has 2 aromatic heterocycles. The van der Waals surface area contributed by atoms with Gasteiger partial charge in [0, 0.05) is 31.4 Å². The van der Waals surface area contributed by atoms with E-state index in [-0.39, 0.29) is 38.8 Å². The fraction of sp³-hybridized carbons (Fsp3) is 0.314. The molecule has 0 aliphatic carbocycles. The number of carbonyl (C=O) groups excluding carboxylic acids is 4. The van der Waals surface area contributed by atoms with E-state index in [1.165, 1.54) is 11.1 Å². The average molecular weight is 682 g/mol. The lowest BCUT2D eigenvalue weighted by Crippen LogP contribution is -2.58. The van der Waals surface area contributed by atoms with Gasteiger partial charge in [-0.2, -0.15) is 15.4 Å². The fourth-order valence-corrected chi connectivity index (χ4v) is 5.83. The predicted octanol–water partition coefficient (Wildman–Crippen LogP) is 1.79. The standard InChI is InChI=1S/C35H39N9O6/c45-31(19-25-11-5-2-6-12-25)41-44(23-28-22-37-42-40-28)35(50)43-16-8-14-30(43)34(49)39-29(18-26-13-7-15-36-21-26)33(48)38-27(20-32(46)47)17-24-9-3-1-4-10-24/h1-7,9-13,15,21-22,27,29-30H,8,14,16-20,23H2,(H,38,48)(H,39,49)(H,41,45)(H,46,47)(H,37,40,42)/t27-,29-,30-/m0/s1. The quantitative estimate of drug-likeness (QED) is 0.123. The van der Waals surface area contributed by atoms with Crippen LogP contribution in [0.1, 0.15) is 41.6 Å². The number of H-pyrrole nitrogens is 1. The zero-order valence-corrected chi connectivity index (χ0v) is 27.3. The second kappa shape index (κ2) is 17.3. The second-order valence-corrected chi connectivity index (χ2v) is 12.0. The highest BCUT2D eigenvalue weighted by atomic mass is 16.4. The first-order valence-electron chi connectivity index (χ1n) is 16.3. The molecule has 4 aromatic rings. The molecule has 3 atom stereocenters. The van der Waals surface area contributed by atoms with Gasteiger partial charge in [0.1, 0.15) is 17.8 Å². The van der Waals surface area contributed by atoms with Crippen LogP contribution in [-0.4, -0.2) is 89.8 Å². The van der Waals surface area contributed by atoms with Crippen LogP contribution in [0, 0.1) is 0 Å². The normalized spacial score (nSPS) is 15.0. The minimum absolute atomic E-state index is 0.0195. The average Bonchev–Trinajstić information content (AvgIpc) is 3.81. The number of carboxylic acid groups (broad SMARTS) is 1. The Kier molecular flexibility index (Phi) is 12.2. The van der Waals surface area contributed by atoms with Gasteiger partial charge in [0.05, 0.1) is 25.6 Å². The van der Waals surface area contributed by atoms with Crippen LogP contribution in [-0.2, 0) is 45.0 Å². The number of carbonyl (C=O) groups is 5. The maximum absolute atomic E-state index is 14.0. The van der Waals surface area contributed by atoms with Gasteiger partial charge < -0.3 is 20.6 Å². The van der Waals surface area contributed by atoms with E-state index in [0.29, 0.717) is 24.1 Å². The lowest BCUT2D eigenvalue weighted by Gasteiger charge is -2.32. The van der Waals surface area contributed by atoms with Crippen molar-refractivity contribution >= 4 is 29.7 Å². The van der Waals surface area contributed by atoms with Crippen molar-refractivity contribution in [1.29, 1.82) is 0 Å². The lowest BCUT2D eigenvalue weighted by molar-refractivity contribution is -0.138. The van der Waals surface area contributed by atoms with Gasteiger partial charge in [-0.05, 0) is 42.0 Å². The molecule has 0 saturated carbocycles. The lowest BCUT2D eigenvalue weighted by atomic mass is 10.0. The van der Waals surface area contributed by atoms with E-state index in [0.717, 1.165) is 16.1 Å². The molecule has 0 radical (unpaired) electrons. The third-order valence-corrected chi connectivity index (χ3v) is 8.17. The van der Waals surface area contributed by atoms with Crippen molar-refractivity contribution < 1.29 is 29.1 Å². The largest absolute Gasteiger partial charge is 0.481 e. The van der Waals surface area contributed by atoms with Crippen molar-refractivity contribution in [2.24, 2.45) is 0 Å². The number of rotatable bonds is 14. The van der Waals surface area contributed by atoms with Crippen molar-refractivity contribution in [1.82, 2.24) is 46.4 Å². The molecule has 1 fully saturated rings. The number of likely N-dealkylation sites (tertiary alicyclic amines) is 1. The summed E-state index contributed by atoms with van der Waals surface area (Å²) in [6.45, 7) is 0.122. The molecule has 2 aromatic carbocycles. The van der Waals surface area contributed by atoms with Crippen LogP contribution in [0.2, 0.25) is 0 Å². The van der Waals surface area contributed by atoms with Crippen molar-refractivity contribution in [2.45, 2.75) is 63.2 Å². The maximum atomic E-state index is 14.0. The summed E-state index contributed by atoms with van der Waals surface area (Å²) in [6.07, 6.45) is 5.47. The van der Waals surface area contributed by atoms with Gasteiger partial charge in [-0.25, -0.2) is 9.80 Å². The Bertz CT molecular complexity index is 1730. The van der Waals surface area contributed by atoms with Crippen LogP contribution in [0.15, 0.2) is 91.4 Å². The smallest absolute Gasteiger partial charge is 0.339 e. The van der Waals surface area contributed by atoms with Crippen molar-refractivity contribution in [3.8, 4) is 0 Å². The number of pyridine rings is 1. The molecule has 5 N–H and O–H groups in total. The van der Waals surface area contributed by atoms with Gasteiger partial charge in [-0.15, -0.1) is 0 Å². The van der Waals surface area contributed by atoms with Crippen LogP contribution in [0.4, 0.5) is 4.79 Å². The highest BCUT2D eigenvalue weighted by Gasteiger charge is 2.39. The van der Waals surface area contributed by atoms with E-state index in [9.17, 15) is 29.1 Å². The Labute approximate surface area is 288 Å². The zero-order valence-electron chi connectivity index (χ0n) is 27.3. The number of nitrogens with one attached hydrogen (secondary N) is 4. The van der Waals surface area contributed by atoms with Crippen LogP contribution >= 0.6 is 0 Å². The van der Waals surface area contributed by atoms with Crippen LogP contribution in [0.3, 0.4) is 0 Å². The summed E-state index contributed by atoms with van der Waals surface area (Å²) in [5.74, 6) is -2.64. The third-order valence-electron chi connectivity index (χ3n) is 8.17. The molecule has 1 aliphatic rings. The summed E-state index contributed by atoms with van der Waals surface area (Å²) in [7, 11) is 0. The van der Waals surface area contributed by atoms with Gasteiger partial charge in [-0.1, -0.05) is 66.7 Å². The van der Waals surface area contributed by atoms with Crippen molar-refractivity contribution in [2.75, 3.05) is 6.54 Å². The Hall–Kier alpha value is -6.12. The summed E-state index contributed by atoms with van der Waals surface area (Å²) in [4.78, 5) is 71.8. The molecule has 1 saturated heterocycles. The number of carboxylic acids is 1. The molecule has 15 heteroatoms. The molecular weight excluding hydrogens is 642 g/mol. The summed E-state index contributed by atoms with van der Waals surface area (Å²) in [5, 5.41) is 26.6. The van der Waals surface area contributed by atoms with Crippen molar-refractivity contribution in [3.63, 3.8) is 0 Å². The van der Waals surface area contributed by atoms with Gasteiger partial charge in [0.25, 0.3) is 0 Å². The van der Waals surface area contributed by atoms with E-state index in [1.807, 2.05) is 48.5 Å². The van der Waals surface area contributed by atoms with Crippen LogP contribution in [0.5, 0.6) is 0 Å². The number of benzene rings is 2. The Morgan fingerprint density at radius 2 is 1.62 bits per heavy atom. The number of hydrogen-bond donors (Lipinski definition) is 5. The second-order valence-electron chi connectivity index (χ2n) is 12.0. The monoisotopic (exact) mass is 681 g/mol. The summed E-state index contributed by atoms with van der Waals surface area (Å²) < 4.78 is 0. The number of aliphatic carboxylic acids is 1. The Morgan fingerprint density at radius 3 is 2.28 bits per heavy atom. The van der Waals surface area contributed by atoms with Gasteiger partial charge >= 0.3 is 12.0 Å². The fourth-order valence-electron chi connectivity index (χ4n) is 5.83. The third kappa shape index (κ3) is 10.2. The van der Waals surface area contributed by atoms with E-state index >= 15 is 0 Å². The summed E-state index contributed by atoms with van der Waals surface area (Å²) >= 11 is 0. The van der Waals surface area contributed by atoms with Crippen LogP contribution in [0.25, 0.3) is 0 Å². The molecule has 260 valence electrons. The number of hydrazine groups is 1. The van der Waals surface area contributed by atoms with E-state index in [2.05, 4.69) is 36.5 Å². The first-order valence-corrected chi connectivity index (χ1v) is 16.3. The molecule has 1 aliphatic heterocycles. The van der Waals surface area contributed by atoms with Gasteiger partial charge in [-0.3, -0.25) is 29.6 Å². The van der Waals surface area contributed by atoms with Crippen LogP contribution < -0.4 is 16.1 Å². The molecule has 0 spiro atoms. The topological polar surface area (TPSA) is 203 Å². The predicted molar refractivity (Wildman–Crippen MR) is 180 cm³/mol. The molecule has 50 heavy (non-hydrogen) atoms. The Balaban J connectivity index is 1.31. The van der Waals surface area contributed by atoms with E-state index in [4.69, 9.17) is 0 Å². The van der Waals surface area contributed by atoms with E-state index < -0.39 is 47.8 Å². The number of urea groups is 1. The molecule has 5 rings (SSSR count). The molecule has 0 bridgehead atoms. The van der Waals surface area contributed by atoms with Gasteiger partial charge in [0.2, 0.25) is 17.7 Å². The molecular formula is C35H39N9O6. The summed E-state index contributed by atoms with van der Waals surface area (Å²) in [6, 6.07) is 18.3. The highest BCUT2D eigenvalue weighted by Crippen LogP contribution is 2.20. The maximum Gasteiger partial charge on any atom is 0.339 e. The number of aromatic nitrogens is 4. The van der Waals surface area contributed by atoms with E-state index in [1.54, 1.807) is 36.7 Å². The zero-order chi connectivity index (χ0) is 35.3. The highest BCUT2D eigenvalue weighted by molar-refractivity contribution is 5.93. The molecule has 3 heterocycles. The molecule has 5 amide bonds. The molecule has 15 nitrogen and oxygen atoms in total. The first-order chi connectivity index (χ1) is 24.2. The van der Waals surface area contributed by atoms with Crippen molar-refractivity contribution in [3.05, 3.63) is 114 Å².